The van der Waals surface area contributed by atoms with Crippen LogP contribution in [0.2, 0.25) is 0 Å². The third-order valence-electron chi connectivity index (χ3n) is 1.95. The molecule has 3 rings (SSSR count). The normalized spacial score (nSPS) is 26.0. The predicted octanol–water partition coefficient (Wildman–Crippen LogP) is 1.72. The molecule has 0 radical (unpaired) electrons. The van der Waals surface area contributed by atoms with Crippen molar-refractivity contribution in [2.45, 2.75) is 6.42 Å². The van der Waals surface area contributed by atoms with Gasteiger partial charge >= 0.3 is 0 Å². The highest BCUT2D eigenvalue weighted by atomic mass is 14.3. The molecule has 0 aliphatic heterocycles. The molecule has 8 heavy (non-hydrogen) atoms. The van der Waals surface area contributed by atoms with E-state index in [2.05, 4.69) is 17.9 Å². The number of hydrogen-bond donors (Lipinski definition) is 0. The maximum Gasteiger partial charge on any atom is 0.0242 e. The second-order valence-corrected chi connectivity index (χ2v) is 2.47. The van der Waals surface area contributed by atoms with Crippen molar-refractivity contribution in [2.75, 3.05) is 0 Å². The molecule has 2 bridgehead atoms. The highest BCUT2D eigenvalue weighted by Gasteiger charge is 2.30. The Labute approximate surface area is 47.5 Å². The first-order chi connectivity index (χ1) is 3.93. The van der Waals surface area contributed by atoms with Gasteiger partial charge in [-0.25, -0.2) is 0 Å². The van der Waals surface area contributed by atoms with Crippen molar-refractivity contribution in [3.63, 3.8) is 0 Å². The summed E-state index contributed by atoms with van der Waals surface area (Å²) >= 11 is 0. The zero-order valence-corrected chi connectivity index (χ0v) is 4.36. The van der Waals surface area contributed by atoms with Gasteiger partial charge in [-0.05, 0) is 29.7 Å². The zero-order chi connectivity index (χ0) is 5.14. The summed E-state index contributed by atoms with van der Waals surface area (Å²) in [5, 5.41) is 0. The molecule has 3 aliphatic rings. The van der Waals surface area contributed by atoms with Crippen LogP contribution in [0.3, 0.4) is 0 Å². The second kappa shape index (κ2) is 0.667. The van der Waals surface area contributed by atoms with Gasteiger partial charge in [0.1, 0.15) is 0 Å². The maximum absolute atomic E-state index is 3.28. The smallest absolute Gasteiger partial charge is 0.0242 e. The summed E-state index contributed by atoms with van der Waals surface area (Å²) in [5.74, 6) is 0. The number of hydrogen-bond acceptors (Lipinski definition) is 0. The van der Waals surface area contributed by atoms with Gasteiger partial charge in [-0.15, -0.1) is 5.73 Å². The first kappa shape index (κ1) is 3.11. The van der Waals surface area contributed by atoms with Crippen LogP contribution in [0.25, 0.3) is 0 Å². The summed E-state index contributed by atoms with van der Waals surface area (Å²) in [4.78, 5) is 0. The second-order valence-electron chi connectivity index (χ2n) is 2.47. The van der Waals surface area contributed by atoms with Crippen LogP contribution in [0.4, 0.5) is 0 Å². The first-order valence-electron chi connectivity index (χ1n) is 2.86. The van der Waals surface area contributed by atoms with Crippen LogP contribution in [-0.2, 0) is 0 Å². The van der Waals surface area contributed by atoms with Crippen LogP contribution < -0.4 is 0 Å². The Morgan fingerprint density at radius 2 is 2.00 bits per heavy atom. The third-order valence-corrected chi connectivity index (χ3v) is 1.95. The summed E-state index contributed by atoms with van der Waals surface area (Å²) in [6.07, 6.45) is 5.66. The monoisotopic (exact) mass is 100 g/mol. The molecule has 0 unspecified atom stereocenters. The van der Waals surface area contributed by atoms with Crippen molar-refractivity contribution < 1.29 is 0 Å². The number of allylic oxidation sites excluding steroid dienone is 5. The van der Waals surface area contributed by atoms with Crippen LogP contribution >= 0.6 is 0 Å². The molecular formula is C8H4. The van der Waals surface area contributed by atoms with Crippen molar-refractivity contribution in [2.24, 2.45) is 0 Å². The van der Waals surface area contributed by atoms with E-state index in [1.165, 1.54) is 28.7 Å². The largest absolute Gasteiger partial charge is 0.104 e. The van der Waals surface area contributed by atoms with Crippen LogP contribution in [0.5, 0.6) is 0 Å². The van der Waals surface area contributed by atoms with E-state index in [-0.39, 0.29) is 0 Å². The quantitative estimate of drug-likeness (QED) is 0.406. The highest BCUT2D eigenvalue weighted by molar-refractivity contribution is 5.73. The van der Waals surface area contributed by atoms with Gasteiger partial charge in [0, 0.05) is 11.1 Å². The molecule has 3 aliphatic carbocycles. The van der Waals surface area contributed by atoms with Gasteiger partial charge < -0.3 is 0 Å². The Kier molecular flexibility index (Phi) is 0.259. The minimum Gasteiger partial charge on any atom is -0.104 e. The van der Waals surface area contributed by atoms with Crippen LogP contribution in [-0.4, -0.2) is 0 Å². The van der Waals surface area contributed by atoms with Crippen molar-refractivity contribution in [3.8, 4) is 0 Å². The van der Waals surface area contributed by atoms with E-state index in [9.17, 15) is 0 Å². The fourth-order valence-corrected chi connectivity index (χ4v) is 1.52. The van der Waals surface area contributed by atoms with E-state index in [0.29, 0.717) is 0 Å². The minimum absolute atomic E-state index is 1.21. The molecule has 0 aromatic rings. The molecule has 0 nitrogen and oxygen atoms in total. The molecule has 0 heteroatoms. The lowest BCUT2D eigenvalue weighted by Gasteiger charge is -2.23. The molecule has 1 saturated carbocycles. The fourth-order valence-electron chi connectivity index (χ4n) is 1.52. The van der Waals surface area contributed by atoms with E-state index < -0.39 is 0 Å². The molecule has 0 heterocycles. The molecule has 0 spiro atoms. The molecule has 0 aromatic carbocycles. The van der Waals surface area contributed by atoms with E-state index in [1.807, 2.05) is 0 Å². The molecule has 0 saturated heterocycles. The van der Waals surface area contributed by atoms with E-state index >= 15 is 0 Å². The SMILES string of the molecule is C1=C2C=C3CC(=C2)C=13. The minimum atomic E-state index is 1.21. The lowest BCUT2D eigenvalue weighted by molar-refractivity contribution is 1.03. The predicted molar refractivity (Wildman–Crippen MR) is 31.3 cm³/mol. The lowest BCUT2D eigenvalue weighted by atomic mass is 9.80. The summed E-state index contributed by atoms with van der Waals surface area (Å²) in [5.41, 5.74) is 9.00. The van der Waals surface area contributed by atoms with Gasteiger partial charge in [-0.2, -0.15) is 0 Å². The third kappa shape index (κ3) is 0.151. The van der Waals surface area contributed by atoms with Gasteiger partial charge in [0.05, 0.1) is 0 Å². The topological polar surface area (TPSA) is 0 Å². The van der Waals surface area contributed by atoms with Gasteiger partial charge in [-0.3, -0.25) is 0 Å². The Morgan fingerprint density at radius 1 is 1.25 bits per heavy atom. The van der Waals surface area contributed by atoms with Crippen LogP contribution in [0.1, 0.15) is 6.42 Å². The standard InChI is InChI=1S/C8H4/c1-5-2-7-4-6(1)8(7)3-5/h1-2H,4H2. The highest BCUT2D eigenvalue weighted by Crippen LogP contribution is 2.47. The molecule has 0 amide bonds. The number of rotatable bonds is 0. The van der Waals surface area contributed by atoms with Crippen molar-refractivity contribution >= 4 is 0 Å². The van der Waals surface area contributed by atoms with Gasteiger partial charge in [0.25, 0.3) is 0 Å². The van der Waals surface area contributed by atoms with E-state index in [4.69, 9.17) is 0 Å². The Hall–Kier alpha value is -1.00. The fraction of sp³-hybridized carbons (Fsp3) is 0.125. The Balaban J connectivity index is 2.55. The average molecular weight is 100 g/mol. The average Bonchev–Trinajstić information content (AvgIpc) is 2.23. The molecule has 0 atom stereocenters. The Bertz CT molecular complexity index is 281. The van der Waals surface area contributed by atoms with E-state index in [1.54, 1.807) is 0 Å². The molecule has 36 valence electrons. The van der Waals surface area contributed by atoms with E-state index in [0.717, 1.165) is 0 Å². The van der Waals surface area contributed by atoms with Crippen molar-refractivity contribution in [1.29, 1.82) is 0 Å². The lowest BCUT2D eigenvalue weighted by Crippen LogP contribution is -2.06. The summed E-state index contributed by atoms with van der Waals surface area (Å²) in [6, 6.07) is 0. The van der Waals surface area contributed by atoms with Gasteiger partial charge in [-0.1, -0.05) is 0 Å². The first-order valence-corrected chi connectivity index (χ1v) is 2.86. The van der Waals surface area contributed by atoms with Crippen molar-refractivity contribution in [3.05, 3.63) is 40.2 Å². The summed E-state index contributed by atoms with van der Waals surface area (Å²) in [7, 11) is 0. The van der Waals surface area contributed by atoms with Crippen LogP contribution in [0.15, 0.2) is 40.2 Å². The van der Waals surface area contributed by atoms with Crippen LogP contribution in [0, 0.1) is 0 Å². The molecule has 1 fully saturated rings. The summed E-state index contributed by atoms with van der Waals surface area (Å²) < 4.78 is 0. The van der Waals surface area contributed by atoms with Gasteiger partial charge in [0.2, 0.25) is 0 Å². The summed E-state index contributed by atoms with van der Waals surface area (Å²) in [6.45, 7) is 0. The van der Waals surface area contributed by atoms with Crippen molar-refractivity contribution in [1.82, 2.24) is 0 Å². The zero-order valence-electron chi connectivity index (χ0n) is 4.36. The Morgan fingerprint density at radius 3 is 2.25 bits per heavy atom. The van der Waals surface area contributed by atoms with Gasteiger partial charge in [0.15, 0.2) is 0 Å². The molecule has 0 N–H and O–H groups in total. The maximum atomic E-state index is 3.28. The molecular weight excluding hydrogens is 96.1 g/mol. The molecule has 0 aromatic heterocycles.